The monoisotopic (exact) mass is 435 g/mol. The number of carbonyl (C=O) groups is 2. The normalized spacial score (nSPS) is 15.5. The van der Waals surface area contributed by atoms with Gasteiger partial charge in [0.15, 0.2) is 5.78 Å². The molecule has 0 aliphatic heterocycles. The number of benzene rings is 1. The van der Waals surface area contributed by atoms with Gasteiger partial charge in [-0.2, -0.15) is 13.2 Å². The molecule has 0 aliphatic carbocycles. The summed E-state index contributed by atoms with van der Waals surface area (Å²) < 4.78 is 100. The number of hydrogen-bond donors (Lipinski definition) is 1. The third-order valence-electron chi connectivity index (χ3n) is 2.31. The van der Waals surface area contributed by atoms with E-state index in [0.29, 0.717) is 6.07 Å². The average molecular weight is 436 g/mol. The fraction of sp³-hybridized carbons (Fsp3) is 0.200. The van der Waals surface area contributed by atoms with Crippen LogP contribution in [0.3, 0.4) is 0 Å². The molecule has 0 radical (unpaired) electrons. The number of Topliss-reactive ketones (excluding diaryl/α,β-unsaturated/α-hetero) is 1. The number of carbonyl (C=O) groups excluding carboxylic acids is 2. The Hall–Kier alpha value is -1.37. The van der Waals surface area contributed by atoms with E-state index in [-0.39, 0.29) is 12.1 Å². The number of ketones is 1. The highest BCUT2D eigenvalue weighted by Gasteiger charge is 2.65. The Morgan fingerprint density at radius 1 is 1.04 bits per heavy atom. The molecule has 1 rings (SSSR count). The molecule has 13 heteroatoms. The van der Waals surface area contributed by atoms with Crippen molar-refractivity contribution >= 4 is 43.5 Å². The second kappa shape index (κ2) is 5.06. The molecule has 0 aromatic heterocycles. The first-order valence-corrected chi connectivity index (χ1v) is 8.38. The summed E-state index contributed by atoms with van der Waals surface area (Å²) in [6.45, 7) is 0. The Kier molecular flexibility index (Phi) is 4.33. The minimum Gasteiger partial charge on any atom is -0.318 e. The van der Waals surface area contributed by atoms with Gasteiger partial charge >= 0.3 is 22.3 Å². The van der Waals surface area contributed by atoms with Crippen LogP contribution in [-0.4, -0.2) is 23.2 Å². The first-order chi connectivity index (χ1) is 9.93. The molecule has 3 nitrogen and oxygen atoms in total. The van der Waals surface area contributed by atoms with Crippen LogP contribution in [0, 0.1) is 0 Å². The lowest BCUT2D eigenvalue weighted by Crippen LogP contribution is -2.30. The molecular weight excluding hydrogens is 430 g/mol. The molecule has 0 spiro atoms. The Bertz CT molecular complexity index is 670. The van der Waals surface area contributed by atoms with E-state index in [4.69, 9.17) is 0 Å². The van der Waals surface area contributed by atoms with E-state index >= 15 is 0 Å². The fourth-order valence-electron chi connectivity index (χ4n) is 1.33. The Balaban J connectivity index is 3.50. The second-order valence-corrected chi connectivity index (χ2v) is 7.19. The van der Waals surface area contributed by atoms with Crippen molar-refractivity contribution < 1.29 is 42.2 Å². The highest BCUT2D eigenvalue weighted by atomic mass is 79.9. The third kappa shape index (κ3) is 5.34. The van der Waals surface area contributed by atoms with E-state index in [9.17, 15) is 42.2 Å². The predicted octanol–water partition coefficient (Wildman–Crippen LogP) is 5.42. The maximum Gasteiger partial charge on any atom is 0.471 e. The fourth-order valence-corrected chi connectivity index (χ4v) is 2.36. The molecular formula is C10H6BrF8NO2S. The maximum atomic E-state index is 12.8. The van der Waals surface area contributed by atoms with Gasteiger partial charge in [-0.3, -0.25) is 9.59 Å². The molecule has 0 saturated carbocycles. The van der Waals surface area contributed by atoms with Crippen molar-refractivity contribution in [1.82, 2.24) is 0 Å². The molecule has 1 N–H and O–H groups in total. The van der Waals surface area contributed by atoms with Crippen LogP contribution in [-0.2, 0) is 4.79 Å². The molecule has 132 valence electrons. The number of anilines is 1. The van der Waals surface area contributed by atoms with E-state index in [1.54, 1.807) is 0 Å². The number of alkyl halides is 4. The van der Waals surface area contributed by atoms with Crippen molar-refractivity contribution in [3.63, 3.8) is 0 Å². The lowest BCUT2D eigenvalue weighted by molar-refractivity contribution is -0.167. The first-order valence-electron chi connectivity index (χ1n) is 5.30. The Labute approximate surface area is 131 Å². The quantitative estimate of drug-likeness (QED) is 0.389. The lowest BCUT2D eigenvalue weighted by Gasteiger charge is -2.40. The summed E-state index contributed by atoms with van der Waals surface area (Å²) in [6, 6.07) is -0.120. The van der Waals surface area contributed by atoms with Crippen LogP contribution in [0.4, 0.5) is 38.3 Å². The standard InChI is InChI=1S/C10H6BrF8NO2S/c11-4-8(21)5-1-6(20-9(22)10(12,13)14)3-7(2-5)23(15,16,17,18)19/h1-3H,4H2,(H,20,22). The van der Waals surface area contributed by atoms with Gasteiger partial charge in [0, 0.05) is 11.3 Å². The van der Waals surface area contributed by atoms with E-state index in [0.717, 1.165) is 5.32 Å². The van der Waals surface area contributed by atoms with Crippen molar-refractivity contribution in [1.29, 1.82) is 0 Å². The van der Waals surface area contributed by atoms with E-state index < -0.39 is 49.6 Å². The van der Waals surface area contributed by atoms with E-state index in [2.05, 4.69) is 15.9 Å². The molecule has 0 atom stereocenters. The zero-order valence-electron chi connectivity index (χ0n) is 10.6. The summed E-state index contributed by atoms with van der Waals surface area (Å²) in [5.74, 6) is -3.77. The first kappa shape index (κ1) is 19.7. The second-order valence-electron chi connectivity index (χ2n) is 4.22. The lowest BCUT2D eigenvalue weighted by atomic mass is 10.1. The van der Waals surface area contributed by atoms with Crippen LogP contribution in [0.15, 0.2) is 23.1 Å². The van der Waals surface area contributed by atoms with Crippen LogP contribution < -0.4 is 5.32 Å². The minimum absolute atomic E-state index is 0.186. The predicted molar refractivity (Wildman–Crippen MR) is 70.6 cm³/mol. The Morgan fingerprint density at radius 2 is 1.57 bits per heavy atom. The smallest absolute Gasteiger partial charge is 0.318 e. The molecule has 1 amide bonds. The molecule has 0 bridgehead atoms. The summed E-state index contributed by atoms with van der Waals surface area (Å²) in [6.07, 6.45) is -5.45. The molecule has 0 saturated heterocycles. The number of rotatable bonds is 4. The van der Waals surface area contributed by atoms with Crippen molar-refractivity contribution in [2.75, 3.05) is 10.6 Å². The van der Waals surface area contributed by atoms with Gasteiger partial charge in [-0.05, 0) is 18.2 Å². The highest BCUT2D eigenvalue weighted by Crippen LogP contribution is 3.02. The molecule has 0 aliphatic rings. The van der Waals surface area contributed by atoms with Crippen LogP contribution in [0.1, 0.15) is 10.4 Å². The number of amides is 1. The van der Waals surface area contributed by atoms with Crippen molar-refractivity contribution in [2.45, 2.75) is 11.1 Å². The van der Waals surface area contributed by atoms with E-state index in [1.165, 1.54) is 0 Å². The summed E-state index contributed by atoms with van der Waals surface area (Å²) in [7, 11) is -10.3. The van der Waals surface area contributed by atoms with Crippen molar-refractivity contribution in [2.24, 2.45) is 0 Å². The summed E-state index contributed by atoms with van der Waals surface area (Å²) in [5, 5.41) is 0.436. The van der Waals surface area contributed by atoms with Gasteiger partial charge in [0.05, 0.1) is 5.33 Å². The van der Waals surface area contributed by atoms with Crippen molar-refractivity contribution in [3.8, 4) is 0 Å². The summed E-state index contributed by atoms with van der Waals surface area (Å²) in [5.41, 5.74) is -2.17. The van der Waals surface area contributed by atoms with E-state index in [1.807, 2.05) is 0 Å². The topological polar surface area (TPSA) is 46.2 Å². The number of halogens is 9. The van der Waals surface area contributed by atoms with Gasteiger partial charge < -0.3 is 5.32 Å². The van der Waals surface area contributed by atoms with Crippen LogP contribution in [0.25, 0.3) is 0 Å². The summed E-state index contributed by atoms with van der Waals surface area (Å²) in [4.78, 5) is 19.5. The van der Waals surface area contributed by atoms with Crippen molar-refractivity contribution in [3.05, 3.63) is 23.8 Å². The molecule has 1 aromatic rings. The van der Waals surface area contributed by atoms with Gasteiger partial charge in [0.1, 0.15) is 4.90 Å². The molecule has 0 fully saturated rings. The van der Waals surface area contributed by atoms with Crippen LogP contribution in [0.5, 0.6) is 0 Å². The SMILES string of the molecule is O=C(CBr)c1cc(NC(=O)C(F)(F)F)cc(S(F)(F)(F)(F)F)c1. The summed E-state index contributed by atoms with van der Waals surface area (Å²) >= 11 is 2.58. The van der Waals surface area contributed by atoms with Gasteiger partial charge in [-0.25, -0.2) is 0 Å². The van der Waals surface area contributed by atoms with Gasteiger partial charge in [0.25, 0.3) is 0 Å². The van der Waals surface area contributed by atoms with Gasteiger partial charge in [-0.15, -0.1) is 0 Å². The molecule has 0 heterocycles. The van der Waals surface area contributed by atoms with Crippen LogP contribution in [0.2, 0.25) is 0 Å². The maximum absolute atomic E-state index is 12.8. The number of hydrogen-bond acceptors (Lipinski definition) is 2. The highest BCUT2D eigenvalue weighted by molar-refractivity contribution is 9.09. The van der Waals surface area contributed by atoms with Crippen LogP contribution >= 0.6 is 26.2 Å². The third-order valence-corrected chi connectivity index (χ3v) is 3.95. The molecule has 23 heavy (non-hydrogen) atoms. The largest absolute Gasteiger partial charge is 0.471 e. The zero-order chi connectivity index (χ0) is 18.3. The zero-order valence-corrected chi connectivity index (χ0v) is 13.0. The Morgan fingerprint density at radius 3 is 1.96 bits per heavy atom. The van der Waals surface area contributed by atoms with Gasteiger partial charge in [-0.1, -0.05) is 35.4 Å². The minimum atomic E-state index is -10.3. The average Bonchev–Trinajstić information content (AvgIpc) is 2.33. The molecule has 1 aromatic carbocycles. The molecule has 0 unspecified atom stereocenters. The van der Waals surface area contributed by atoms with Gasteiger partial charge in [0.2, 0.25) is 0 Å². The number of nitrogens with one attached hydrogen (secondary N) is 1.